The van der Waals surface area contributed by atoms with Crippen molar-refractivity contribution >= 4 is 18.9 Å². The first-order valence-corrected chi connectivity index (χ1v) is 4.05. The minimum atomic E-state index is -5.01. The number of carbonyl (C=O) groups excluding carboxylic acids is 1. The van der Waals surface area contributed by atoms with Crippen LogP contribution in [-0.2, 0) is 0 Å². The van der Waals surface area contributed by atoms with Crippen LogP contribution in [0.3, 0.4) is 0 Å². The molecule has 1 aromatic rings. The van der Waals surface area contributed by atoms with Gasteiger partial charge >= 0.3 is 13.5 Å². The zero-order valence-corrected chi connectivity index (χ0v) is 7.73. The second-order valence-corrected chi connectivity index (χ2v) is 2.80. The smallest absolute Gasteiger partial charge is 0.423 e. The fourth-order valence-electron chi connectivity index (χ4n) is 1.10. The van der Waals surface area contributed by atoms with E-state index in [0.717, 1.165) is 12.1 Å². The number of hydrogen-bond donors (Lipinski definition) is 2. The van der Waals surface area contributed by atoms with Crippen molar-refractivity contribution in [3.8, 4) is 5.75 Å². The maximum atomic E-state index is 12.0. The fraction of sp³-hybridized carbons (Fsp3) is 0.125. The monoisotopic (exact) mass is 234 g/mol. The van der Waals surface area contributed by atoms with Crippen LogP contribution in [0.2, 0.25) is 0 Å². The molecule has 4 nitrogen and oxygen atoms in total. The molecule has 86 valence electrons. The minimum absolute atomic E-state index is 0.132. The minimum Gasteiger partial charge on any atom is -0.423 e. The molecule has 0 radical (unpaired) electrons. The Kier molecular flexibility index (Phi) is 3.56. The molecule has 0 saturated heterocycles. The van der Waals surface area contributed by atoms with Gasteiger partial charge in [0.2, 0.25) is 0 Å². The lowest BCUT2D eigenvalue weighted by atomic mass is 9.78. The molecule has 0 bridgehead atoms. The summed E-state index contributed by atoms with van der Waals surface area (Å²) < 4.78 is 39.6. The molecule has 0 aliphatic rings. The van der Waals surface area contributed by atoms with E-state index >= 15 is 0 Å². The van der Waals surface area contributed by atoms with Crippen LogP contribution in [0.1, 0.15) is 10.4 Å². The zero-order valence-electron chi connectivity index (χ0n) is 7.73. The lowest BCUT2D eigenvalue weighted by molar-refractivity contribution is -0.274. The maximum Gasteiger partial charge on any atom is 0.573 e. The molecular weight excluding hydrogens is 228 g/mol. The Balaban J connectivity index is 3.25. The molecule has 1 aromatic carbocycles. The van der Waals surface area contributed by atoms with Crippen LogP contribution >= 0.6 is 0 Å². The Morgan fingerprint density at radius 1 is 1.31 bits per heavy atom. The van der Waals surface area contributed by atoms with Crippen molar-refractivity contribution in [1.29, 1.82) is 0 Å². The summed E-state index contributed by atoms with van der Waals surface area (Å²) in [6.45, 7) is 0. The number of alkyl halides is 3. The third-order valence-electron chi connectivity index (χ3n) is 1.70. The number of para-hydroxylation sites is 1. The van der Waals surface area contributed by atoms with Gasteiger partial charge in [-0.15, -0.1) is 13.2 Å². The third kappa shape index (κ3) is 2.98. The molecule has 0 atom stereocenters. The van der Waals surface area contributed by atoms with E-state index in [0.29, 0.717) is 0 Å². The lowest BCUT2D eigenvalue weighted by Crippen LogP contribution is -2.34. The first-order chi connectivity index (χ1) is 7.35. The van der Waals surface area contributed by atoms with Gasteiger partial charge in [-0.05, 0) is 6.07 Å². The normalized spacial score (nSPS) is 11.1. The van der Waals surface area contributed by atoms with Gasteiger partial charge in [0, 0.05) is 5.46 Å². The molecule has 0 heterocycles. The van der Waals surface area contributed by atoms with Crippen molar-refractivity contribution in [2.45, 2.75) is 6.36 Å². The van der Waals surface area contributed by atoms with Crippen molar-refractivity contribution in [2.75, 3.05) is 0 Å². The van der Waals surface area contributed by atoms with E-state index in [9.17, 15) is 18.0 Å². The average Bonchev–Trinajstić information content (AvgIpc) is 2.15. The van der Waals surface area contributed by atoms with E-state index in [4.69, 9.17) is 10.0 Å². The van der Waals surface area contributed by atoms with Crippen LogP contribution in [0, 0.1) is 0 Å². The highest BCUT2D eigenvalue weighted by molar-refractivity contribution is 6.59. The molecule has 0 spiro atoms. The van der Waals surface area contributed by atoms with Crippen molar-refractivity contribution in [1.82, 2.24) is 0 Å². The van der Waals surface area contributed by atoms with Crippen LogP contribution in [0.15, 0.2) is 18.2 Å². The summed E-state index contributed by atoms with van der Waals surface area (Å²) in [6, 6.07) is 3.29. The largest absolute Gasteiger partial charge is 0.573 e. The maximum absolute atomic E-state index is 12.0. The molecule has 1 rings (SSSR count). The summed E-state index contributed by atoms with van der Waals surface area (Å²) in [5.41, 5.74) is -0.940. The first kappa shape index (κ1) is 12.5. The van der Waals surface area contributed by atoms with Gasteiger partial charge in [-0.2, -0.15) is 0 Å². The topological polar surface area (TPSA) is 66.8 Å². The van der Waals surface area contributed by atoms with Crippen molar-refractivity contribution in [3.63, 3.8) is 0 Å². The predicted octanol–water partition coefficient (Wildman–Crippen LogP) is 0.0775. The van der Waals surface area contributed by atoms with Gasteiger partial charge in [-0.1, -0.05) is 12.1 Å². The number of benzene rings is 1. The molecule has 0 unspecified atom stereocenters. The van der Waals surface area contributed by atoms with Crippen LogP contribution < -0.4 is 10.2 Å². The highest BCUT2D eigenvalue weighted by Gasteiger charge is 2.34. The highest BCUT2D eigenvalue weighted by atomic mass is 19.4. The van der Waals surface area contributed by atoms with Gasteiger partial charge in [0.1, 0.15) is 5.75 Å². The molecule has 16 heavy (non-hydrogen) atoms. The van der Waals surface area contributed by atoms with Gasteiger partial charge in [0.15, 0.2) is 6.29 Å². The van der Waals surface area contributed by atoms with E-state index < -0.39 is 30.3 Å². The summed E-state index contributed by atoms with van der Waals surface area (Å²) in [7, 11) is -2.16. The Bertz CT molecular complexity index is 391. The summed E-state index contributed by atoms with van der Waals surface area (Å²) in [5, 5.41) is 17.6. The van der Waals surface area contributed by atoms with E-state index in [1.165, 1.54) is 6.07 Å². The standard InChI is InChI=1S/C8H6BF3O4/c10-8(11,12)16-7-5(4-13)2-1-3-6(7)9(14)15/h1-4,14-15H. The Morgan fingerprint density at radius 2 is 1.94 bits per heavy atom. The van der Waals surface area contributed by atoms with Crippen molar-refractivity contribution < 1.29 is 32.8 Å². The average molecular weight is 234 g/mol. The molecule has 0 saturated carbocycles. The molecule has 0 aromatic heterocycles. The van der Waals surface area contributed by atoms with Gasteiger partial charge in [0.25, 0.3) is 0 Å². The van der Waals surface area contributed by atoms with Gasteiger partial charge < -0.3 is 14.8 Å². The zero-order chi connectivity index (χ0) is 12.3. The van der Waals surface area contributed by atoms with Gasteiger partial charge in [-0.3, -0.25) is 4.79 Å². The molecular formula is C8H6BF3O4. The Labute approximate surface area is 88.4 Å². The van der Waals surface area contributed by atoms with E-state index in [2.05, 4.69) is 4.74 Å². The van der Waals surface area contributed by atoms with Crippen molar-refractivity contribution in [2.24, 2.45) is 0 Å². The van der Waals surface area contributed by atoms with Gasteiger partial charge in [0.05, 0.1) is 5.56 Å². The molecule has 0 aliphatic heterocycles. The second kappa shape index (κ2) is 4.54. The number of ether oxygens (including phenoxy) is 1. The van der Waals surface area contributed by atoms with E-state index in [1.807, 2.05) is 0 Å². The number of halogens is 3. The Hall–Kier alpha value is -1.54. The Morgan fingerprint density at radius 3 is 2.38 bits per heavy atom. The highest BCUT2D eigenvalue weighted by Crippen LogP contribution is 2.24. The van der Waals surface area contributed by atoms with Crippen molar-refractivity contribution in [3.05, 3.63) is 23.8 Å². The van der Waals surface area contributed by atoms with Crippen LogP contribution in [0.4, 0.5) is 13.2 Å². The molecule has 2 N–H and O–H groups in total. The summed E-state index contributed by atoms with van der Waals surface area (Å²) in [5.74, 6) is -0.903. The third-order valence-corrected chi connectivity index (χ3v) is 1.70. The predicted molar refractivity (Wildman–Crippen MR) is 48.3 cm³/mol. The van der Waals surface area contributed by atoms with Crippen LogP contribution in [-0.4, -0.2) is 29.8 Å². The van der Waals surface area contributed by atoms with Crippen LogP contribution in [0.25, 0.3) is 0 Å². The summed E-state index contributed by atoms with van der Waals surface area (Å²) >= 11 is 0. The number of rotatable bonds is 3. The quantitative estimate of drug-likeness (QED) is 0.573. The van der Waals surface area contributed by atoms with E-state index in [-0.39, 0.29) is 6.29 Å². The molecule has 0 aliphatic carbocycles. The second-order valence-electron chi connectivity index (χ2n) is 2.80. The first-order valence-electron chi connectivity index (χ1n) is 4.05. The lowest BCUT2D eigenvalue weighted by Gasteiger charge is -2.14. The van der Waals surface area contributed by atoms with Crippen LogP contribution in [0.5, 0.6) is 5.75 Å². The van der Waals surface area contributed by atoms with Gasteiger partial charge in [-0.25, -0.2) is 0 Å². The summed E-state index contributed by atoms with van der Waals surface area (Å²) in [6.07, 6.45) is -4.88. The van der Waals surface area contributed by atoms with E-state index in [1.54, 1.807) is 0 Å². The summed E-state index contributed by atoms with van der Waals surface area (Å²) in [4.78, 5) is 10.5. The molecule has 8 heteroatoms. The SMILES string of the molecule is O=Cc1cccc(B(O)O)c1OC(F)(F)F. The number of hydrogen-bond acceptors (Lipinski definition) is 4. The fourth-order valence-corrected chi connectivity index (χ4v) is 1.10. The molecule has 0 amide bonds. The number of aldehydes is 1. The number of carbonyl (C=O) groups is 1. The molecule has 0 fully saturated rings.